The fourth-order valence-corrected chi connectivity index (χ4v) is 2.09. The van der Waals surface area contributed by atoms with Gasteiger partial charge in [-0.25, -0.2) is 0 Å². The Hall–Kier alpha value is -0.700. The summed E-state index contributed by atoms with van der Waals surface area (Å²) in [7, 11) is 0. The summed E-state index contributed by atoms with van der Waals surface area (Å²) in [5, 5.41) is 5.37. The van der Waals surface area contributed by atoms with Crippen LogP contribution in [0.25, 0.3) is 11.0 Å². The number of fused-ring (bicyclic) bond motifs is 1. The molecule has 1 aromatic heterocycles. The van der Waals surface area contributed by atoms with Gasteiger partial charge >= 0.3 is 0 Å². The molecule has 0 spiro atoms. The van der Waals surface area contributed by atoms with Crippen molar-refractivity contribution in [3.8, 4) is 0 Å². The first-order valence-corrected chi connectivity index (χ1v) is 6.35. The molecule has 17 heavy (non-hydrogen) atoms. The van der Waals surface area contributed by atoms with Crippen LogP contribution in [0.3, 0.4) is 0 Å². The summed E-state index contributed by atoms with van der Waals surface area (Å²) < 4.78 is 5.78. The Bertz CT molecular complexity index is 546. The Morgan fingerprint density at radius 3 is 2.65 bits per heavy atom. The molecular formula is C13H15Cl2NO. The van der Waals surface area contributed by atoms with Crippen molar-refractivity contribution >= 4 is 34.2 Å². The van der Waals surface area contributed by atoms with Gasteiger partial charge in [0.2, 0.25) is 0 Å². The van der Waals surface area contributed by atoms with Crippen molar-refractivity contribution in [2.45, 2.75) is 33.4 Å². The summed E-state index contributed by atoms with van der Waals surface area (Å²) in [6.07, 6.45) is 0. The SMILES string of the molecule is Cc1c(CNC(C)C)oc2c(Cl)c(Cl)ccc12. The zero-order valence-corrected chi connectivity index (χ0v) is 11.6. The minimum absolute atomic E-state index is 0.418. The van der Waals surface area contributed by atoms with Crippen molar-refractivity contribution in [2.75, 3.05) is 0 Å². The molecule has 1 aromatic carbocycles. The number of aryl methyl sites for hydroxylation is 1. The van der Waals surface area contributed by atoms with Crippen LogP contribution in [0.15, 0.2) is 16.5 Å². The van der Waals surface area contributed by atoms with Gasteiger partial charge in [-0.2, -0.15) is 0 Å². The van der Waals surface area contributed by atoms with Crippen LogP contribution < -0.4 is 5.32 Å². The zero-order valence-electron chi connectivity index (χ0n) is 10.1. The van der Waals surface area contributed by atoms with Gasteiger partial charge in [0.25, 0.3) is 0 Å². The number of hydrogen-bond acceptors (Lipinski definition) is 2. The Labute approximate surface area is 111 Å². The van der Waals surface area contributed by atoms with E-state index in [1.54, 1.807) is 6.07 Å². The van der Waals surface area contributed by atoms with E-state index in [9.17, 15) is 0 Å². The highest BCUT2D eigenvalue weighted by molar-refractivity contribution is 6.44. The molecule has 0 radical (unpaired) electrons. The monoisotopic (exact) mass is 271 g/mol. The van der Waals surface area contributed by atoms with Gasteiger partial charge in [0.1, 0.15) is 10.8 Å². The molecule has 4 heteroatoms. The maximum atomic E-state index is 6.13. The fourth-order valence-electron chi connectivity index (χ4n) is 1.74. The summed E-state index contributed by atoms with van der Waals surface area (Å²) in [6, 6.07) is 4.16. The normalized spacial score (nSPS) is 11.6. The van der Waals surface area contributed by atoms with Crippen molar-refractivity contribution in [3.05, 3.63) is 33.5 Å². The molecule has 2 nitrogen and oxygen atoms in total. The van der Waals surface area contributed by atoms with Crippen LogP contribution in [0.1, 0.15) is 25.2 Å². The van der Waals surface area contributed by atoms with E-state index in [1.807, 2.05) is 13.0 Å². The number of hydrogen-bond donors (Lipinski definition) is 1. The molecule has 1 N–H and O–H groups in total. The maximum absolute atomic E-state index is 6.13. The second-order valence-electron chi connectivity index (χ2n) is 4.42. The molecule has 0 bridgehead atoms. The minimum atomic E-state index is 0.418. The van der Waals surface area contributed by atoms with E-state index in [0.29, 0.717) is 28.2 Å². The molecule has 0 aliphatic rings. The number of halogens is 2. The van der Waals surface area contributed by atoms with Gasteiger partial charge in [0, 0.05) is 11.4 Å². The molecule has 0 saturated heterocycles. The highest BCUT2D eigenvalue weighted by Gasteiger charge is 2.14. The largest absolute Gasteiger partial charge is 0.458 e. The molecule has 1 heterocycles. The van der Waals surface area contributed by atoms with E-state index >= 15 is 0 Å². The summed E-state index contributed by atoms with van der Waals surface area (Å²) in [4.78, 5) is 0. The molecule has 0 aliphatic heterocycles. The zero-order chi connectivity index (χ0) is 12.6. The van der Waals surface area contributed by atoms with Crippen LogP contribution in [-0.4, -0.2) is 6.04 Å². The molecule has 0 saturated carbocycles. The van der Waals surface area contributed by atoms with E-state index in [0.717, 1.165) is 16.7 Å². The summed E-state index contributed by atoms with van der Waals surface area (Å²) in [5.41, 5.74) is 1.80. The first-order chi connectivity index (χ1) is 8.00. The van der Waals surface area contributed by atoms with E-state index in [2.05, 4.69) is 19.2 Å². The predicted octanol–water partition coefficient (Wildman–Crippen LogP) is 4.55. The molecule has 0 fully saturated rings. The molecule has 2 aromatic rings. The van der Waals surface area contributed by atoms with Crippen molar-refractivity contribution in [3.63, 3.8) is 0 Å². The number of furan rings is 1. The van der Waals surface area contributed by atoms with Crippen LogP contribution in [0.4, 0.5) is 0 Å². The number of rotatable bonds is 3. The second-order valence-corrected chi connectivity index (χ2v) is 5.21. The van der Waals surface area contributed by atoms with Crippen LogP contribution in [-0.2, 0) is 6.54 Å². The molecule has 92 valence electrons. The van der Waals surface area contributed by atoms with Crippen LogP contribution in [0.2, 0.25) is 10.0 Å². The van der Waals surface area contributed by atoms with Crippen LogP contribution >= 0.6 is 23.2 Å². The standard InChI is InChI=1S/C13H15Cl2NO/c1-7(2)16-6-11-8(3)9-4-5-10(14)12(15)13(9)17-11/h4-5,7,16H,6H2,1-3H3. The molecule has 0 aliphatic carbocycles. The lowest BCUT2D eigenvalue weighted by Crippen LogP contribution is -2.21. The smallest absolute Gasteiger partial charge is 0.154 e. The van der Waals surface area contributed by atoms with E-state index in [4.69, 9.17) is 27.6 Å². The quantitative estimate of drug-likeness (QED) is 0.886. The molecule has 0 unspecified atom stereocenters. The van der Waals surface area contributed by atoms with Crippen LogP contribution in [0, 0.1) is 6.92 Å². The van der Waals surface area contributed by atoms with Gasteiger partial charge in [0.15, 0.2) is 5.58 Å². The van der Waals surface area contributed by atoms with Crippen molar-refractivity contribution in [2.24, 2.45) is 0 Å². The molecular weight excluding hydrogens is 257 g/mol. The van der Waals surface area contributed by atoms with Crippen molar-refractivity contribution in [1.82, 2.24) is 5.32 Å². The minimum Gasteiger partial charge on any atom is -0.458 e. The van der Waals surface area contributed by atoms with Crippen molar-refractivity contribution < 1.29 is 4.42 Å². The van der Waals surface area contributed by atoms with Crippen molar-refractivity contribution in [1.29, 1.82) is 0 Å². The van der Waals surface area contributed by atoms with Crippen LogP contribution in [0.5, 0.6) is 0 Å². The second kappa shape index (κ2) is 4.89. The van der Waals surface area contributed by atoms with Gasteiger partial charge < -0.3 is 9.73 Å². The molecule has 0 atom stereocenters. The topological polar surface area (TPSA) is 25.2 Å². The Morgan fingerprint density at radius 1 is 1.29 bits per heavy atom. The van der Waals surface area contributed by atoms with E-state index in [1.165, 1.54) is 0 Å². The van der Waals surface area contributed by atoms with E-state index in [-0.39, 0.29) is 0 Å². The lowest BCUT2D eigenvalue weighted by atomic mass is 10.1. The third-order valence-electron chi connectivity index (χ3n) is 2.77. The van der Waals surface area contributed by atoms with Gasteiger partial charge in [-0.15, -0.1) is 0 Å². The fraction of sp³-hybridized carbons (Fsp3) is 0.385. The summed E-state index contributed by atoms with van der Waals surface area (Å²) in [6.45, 7) is 6.93. The average Bonchev–Trinajstić information content (AvgIpc) is 2.59. The Morgan fingerprint density at radius 2 is 2.00 bits per heavy atom. The highest BCUT2D eigenvalue weighted by Crippen LogP contribution is 2.35. The molecule has 2 rings (SSSR count). The first kappa shape index (κ1) is 12.7. The molecule has 0 amide bonds. The van der Waals surface area contributed by atoms with Gasteiger partial charge in [-0.3, -0.25) is 0 Å². The lowest BCUT2D eigenvalue weighted by Gasteiger charge is -2.05. The average molecular weight is 272 g/mol. The Balaban J connectivity index is 2.45. The summed E-state index contributed by atoms with van der Waals surface area (Å²) >= 11 is 12.1. The first-order valence-electron chi connectivity index (χ1n) is 5.60. The maximum Gasteiger partial charge on any atom is 0.154 e. The number of benzene rings is 1. The number of nitrogens with one attached hydrogen (secondary N) is 1. The third-order valence-corrected chi connectivity index (χ3v) is 3.56. The Kier molecular flexibility index (Phi) is 3.67. The highest BCUT2D eigenvalue weighted by atomic mass is 35.5. The van der Waals surface area contributed by atoms with Gasteiger partial charge in [0.05, 0.1) is 11.6 Å². The van der Waals surface area contributed by atoms with E-state index < -0.39 is 0 Å². The third kappa shape index (κ3) is 2.44. The van der Waals surface area contributed by atoms with Gasteiger partial charge in [-0.05, 0) is 24.6 Å². The van der Waals surface area contributed by atoms with Gasteiger partial charge in [-0.1, -0.05) is 37.0 Å². The lowest BCUT2D eigenvalue weighted by molar-refractivity contribution is 0.485. The predicted molar refractivity (Wildman–Crippen MR) is 72.9 cm³/mol. The summed E-state index contributed by atoms with van der Waals surface area (Å²) in [5.74, 6) is 0.915.